The minimum atomic E-state index is 0.843. The molecule has 0 radical (unpaired) electrons. The van der Waals surface area contributed by atoms with E-state index in [9.17, 15) is 0 Å². The second-order valence-corrected chi connectivity index (χ2v) is 5.80. The van der Waals surface area contributed by atoms with Gasteiger partial charge in [-0.3, -0.25) is 0 Å². The Hall–Kier alpha value is -1.59. The summed E-state index contributed by atoms with van der Waals surface area (Å²) in [6.45, 7) is 3.78. The Labute approximate surface area is 124 Å². The van der Waals surface area contributed by atoms with E-state index in [1.165, 1.54) is 10.4 Å². The molecule has 20 heavy (non-hydrogen) atoms. The second kappa shape index (κ2) is 6.72. The van der Waals surface area contributed by atoms with Crippen molar-refractivity contribution >= 4 is 16.5 Å². The highest BCUT2D eigenvalue weighted by molar-refractivity contribution is 7.15. The number of ether oxygens (including phenoxy) is 1. The molecular weight excluding hydrogens is 270 g/mol. The van der Waals surface area contributed by atoms with Crippen molar-refractivity contribution < 1.29 is 4.74 Å². The van der Waals surface area contributed by atoms with Crippen LogP contribution in [-0.2, 0) is 13.1 Å². The maximum atomic E-state index is 5.17. The SMILES string of the molecule is CNCc1sc(N(C)Cc2ccc(OC)cc2)nc1C. The minimum Gasteiger partial charge on any atom is -0.497 e. The molecule has 2 rings (SSSR count). The van der Waals surface area contributed by atoms with Gasteiger partial charge in [0.25, 0.3) is 0 Å². The summed E-state index contributed by atoms with van der Waals surface area (Å²) < 4.78 is 5.17. The molecule has 2 aromatic rings. The normalized spacial score (nSPS) is 10.6. The monoisotopic (exact) mass is 291 g/mol. The van der Waals surface area contributed by atoms with Crippen LogP contribution in [0.5, 0.6) is 5.75 Å². The molecule has 0 amide bonds. The molecule has 1 aromatic heterocycles. The fourth-order valence-corrected chi connectivity index (χ4v) is 3.01. The van der Waals surface area contributed by atoms with Crippen molar-refractivity contribution in [3.8, 4) is 5.75 Å². The molecule has 0 unspecified atom stereocenters. The van der Waals surface area contributed by atoms with Crippen molar-refractivity contribution in [1.82, 2.24) is 10.3 Å². The van der Waals surface area contributed by atoms with E-state index in [1.807, 2.05) is 19.2 Å². The smallest absolute Gasteiger partial charge is 0.185 e. The van der Waals surface area contributed by atoms with Gasteiger partial charge in [0.2, 0.25) is 0 Å². The lowest BCUT2D eigenvalue weighted by Gasteiger charge is -2.15. The Morgan fingerprint density at radius 3 is 2.60 bits per heavy atom. The van der Waals surface area contributed by atoms with Gasteiger partial charge in [-0.15, -0.1) is 11.3 Å². The van der Waals surface area contributed by atoms with Crippen molar-refractivity contribution in [2.75, 3.05) is 26.1 Å². The van der Waals surface area contributed by atoms with Crippen LogP contribution in [-0.4, -0.2) is 26.2 Å². The third-order valence-electron chi connectivity index (χ3n) is 3.12. The van der Waals surface area contributed by atoms with Crippen LogP contribution in [0.4, 0.5) is 5.13 Å². The molecule has 0 saturated carbocycles. The first-order valence-electron chi connectivity index (χ1n) is 6.59. The molecule has 0 atom stereocenters. The quantitative estimate of drug-likeness (QED) is 0.888. The molecule has 4 nitrogen and oxygen atoms in total. The Morgan fingerprint density at radius 1 is 1.30 bits per heavy atom. The van der Waals surface area contributed by atoms with Gasteiger partial charge in [-0.05, 0) is 31.7 Å². The Bertz CT molecular complexity index is 551. The fraction of sp³-hybridized carbons (Fsp3) is 0.400. The summed E-state index contributed by atoms with van der Waals surface area (Å²) in [4.78, 5) is 8.11. The number of nitrogens with one attached hydrogen (secondary N) is 1. The van der Waals surface area contributed by atoms with Gasteiger partial charge in [-0.2, -0.15) is 0 Å². The van der Waals surface area contributed by atoms with E-state index in [1.54, 1.807) is 18.4 Å². The standard InChI is InChI=1S/C15H21N3OS/c1-11-14(9-16-2)20-15(17-11)18(3)10-12-5-7-13(19-4)8-6-12/h5-8,16H,9-10H2,1-4H3. The number of hydrogen-bond donors (Lipinski definition) is 1. The van der Waals surface area contributed by atoms with E-state index in [0.29, 0.717) is 0 Å². The van der Waals surface area contributed by atoms with E-state index in [-0.39, 0.29) is 0 Å². The lowest BCUT2D eigenvalue weighted by atomic mass is 10.2. The maximum absolute atomic E-state index is 5.17. The lowest BCUT2D eigenvalue weighted by molar-refractivity contribution is 0.414. The van der Waals surface area contributed by atoms with Gasteiger partial charge in [-0.1, -0.05) is 12.1 Å². The van der Waals surface area contributed by atoms with Crippen molar-refractivity contribution in [3.05, 3.63) is 40.4 Å². The number of aryl methyl sites for hydroxylation is 1. The number of anilines is 1. The molecule has 0 bridgehead atoms. The predicted molar refractivity (Wildman–Crippen MR) is 84.7 cm³/mol. The Morgan fingerprint density at radius 2 is 2.00 bits per heavy atom. The van der Waals surface area contributed by atoms with E-state index in [0.717, 1.165) is 29.7 Å². The lowest BCUT2D eigenvalue weighted by Crippen LogP contribution is -2.15. The van der Waals surface area contributed by atoms with Crippen LogP contribution in [0.15, 0.2) is 24.3 Å². The molecule has 0 aliphatic carbocycles. The average Bonchev–Trinajstić information content (AvgIpc) is 2.82. The molecule has 0 fully saturated rings. The minimum absolute atomic E-state index is 0.843. The van der Waals surface area contributed by atoms with Crippen molar-refractivity contribution in [2.24, 2.45) is 0 Å². The van der Waals surface area contributed by atoms with E-state index in [4.69, 9.17) is 4.74 Å². The molecular formula is C15H21N3OS. The number of methoxy groups -OCH3 is 1. The molecule has 1 aromatic carbocycles. The molecule has 1 N–H and O–H groups in total. The Kier molecular flexibility index (Phi) is 4.98. The third kappa shape index (κ3) is 3.49. The first-order chi connectivity index (χ1) is 9.63. The highest BCUT2D eigenvalue weighted by atomic mass is 32.1. The van der Waals surface area contributed by atoms with E-state index in [2.05, 4.69) is 41.3 Å². The van der Waals surface area contributed by atoms with E-state index < -0.39 is 0 Å². The Balaban J connectivity index is 2.06. The van der Waals surface area contributed by atoms with Crippen LogP contribution in [0.25, 0.3) is 0 Å². The predicted octanol–water partition coefficient (Wildman–Crippen LogP) is 2.82. The number of hydrogen-bond acceptors (Lipinski definition) is 5. The summed E-state index contributed by atoms with van der Waals surface area (Å²) in [6.07, 6.45) is 0. The van der Waals surface area contributed by atoms with E-state index >= 15 is 0 Å². The summed E-state index contributed by atoms with van der Waals surface area (Å²) in [5.41, 5.74) is 2.36. The molecule has 108 valence electrons. The van der Waals surface area contributed by atoms with Crippen LogP contribution in [0.2, 0.25) is 0 Å². The molecule has 0 saturated heterocycles. The van der Waals surface area contributed by atoms with Gasteiger partial charge in [0.1, 0.15) is 5.75 Å². The molecule has 5 heteroatoms. The fourth-order valence-electron chi connectivity index (χ4n) is 1.97. The van der Waals surface area contributed by atoms with Crippen molar-refractivity contribution in [3.63, 3.8) is 0 Å². The number of aromatic nitrogens is 1. The number of thiazole rings is 1. The van der Waals surface area contributed by atoms with Gasteiger partial charge in [0, 0.05) is 25.0 Å². The molecule has 0 aliphatic heterocycles. The highest BCUT2D eigenvalue weighted by Crippen LogP contribution is 2.26. The summed E-state index contributed by atoms with van der Waals surface area (Å²) in [5.74, 6) is 0.887. The maximum Gasteiger partial charge on any atom is 0.185 e. The van der Waals surface area contributed by atoms with Gasteiger partial charge < -0.3 is 15.0 Å². The first-order valence-corrected chi connectivity index (χ1v) is 7.40. The third-order valence-corrected chi connectivity index (χ3v) is 4.40. The van der Waals surface area contributed by atoms with Crippen LogP contribution < -0.4 is 15.0 Å². The molecule has 0 spiro atoms. The van der Waals surface area contributed by atoms with Crippen LogP contribution in [0.1, 0.15) is 16.1 Å². The molecule has 0 aliphatic rings. The first kappa shape index (κ1) is 14.8. The summed E-state index contributed by atoms with van der Waals surface area (Å²) >= 11 is 1.75. The van der Waals surface area contributed by atoms with Gasteiger partial charge in [0.15, 0.2) is 5.13 Å². The van der Waals surface area contributed by atoms with Crippen molar-refractivity contribution in [1.29, 1.82) is 0 Å². The van der Waals surface area contributed by atoms with Gasteiger partial charge >= 0.3 is 0 Å². The second-order valence-electron chi connectivity index (χ2n) is 4.74. The van der Waals surface area contributed by atoms with Crippen molar-refractivity contribution in [2.45, 2.75) is 20.0 Å². The van der Waals surface area contributed by atoms with Crippen LogP contribution in [0, 0.1) is 6.92 Å². The number of nitrogens with zero attached hydrogens (tertiary/aromatic N) is 2. The highest BCUT2D eigenvalue weighted by Gasteiger charge is 2.11. The number of rotatable bonds is 6. The largest absolute Gasteiger partial charge is 0.497 e. The summed E-state index contributed by atoms with van der Waals surface area (Å²) in [5, 5.41) is 4.24. The van der Waals surface area contributed by atoms with Crippen LogP contribution >= 0.6 is 11.3 Å². The van der Waals surface area contributed by atoms with Crippen LogP contribution in [0.3, 0.4) is 0 Å². The zero-order chi connectivity index (χ0) is 14.5. The topological polar surface area (TPSA) is 37.4 Å². The van der Waals surface area contributed by atoms with Gasteiger partial charge in [-0.25, -0.2) is 4.98 Å². The molecule has 1 heterocycles. The van der Waals surface area contributed by atoms with Gasteiger partial charge in [0.05, 0.1) is 12.8 Å². The zero-order valence-corrected chi connectivity index (χ0v) is 13.3. The zero-order valence-electron chi connectivity index (χ0n) is 12.4. The summed E-state index contributed by atoms with van der Waals surface area (Å²) in [6, 6.07) is 8.15. The number of benzene rings is 1. The average molecular weight is 291 g/mol. The summed E-state index contributed by atoms with van der Waals surface area (Å²) in [7, 11) is 5.72.